The minimum atomic E-state index is -0.135. The summed E-state index contributed by atoms with van der Waals surface area (Å²) in [5.74, 6) is 0. The van der Waals surface area contributed by atoms with Crippen LogP contribution in [-0.2, 0) is 13.6 Å². The van der Waals surface area contributed by atoms with Gasteiger partial charge in [0.15, 0.2) is 5.65 Å². The lowest BCUT2D eigenvalue weighted by Gasteiger charge is -1.93. The van der Waals surface area contributed by atoms with Crippen molar-refractivity contribution in [2.24, 2.45) is 7.05 Å². The molecule has 17 heavy (non-hydrogen) atoms. The van der Waals surface area contributed by atoms with E-state index in [0.29, 0.717) is 12.2 Å². The van der Waals surface area contributed by atoms with Gasteiger partial charge in [-0.3, -0.25) is 9.08 Å². The number of aromatic nitrogens is 5. The van der Waals surface area contributed by atoms with Gasteiger partial charge < -0.3 is 0 Å². The van der Waals surface area contributed by atoms with Gasteiger partial charge in [-0.2, -0.15) is 5.10 Å². The fourth-order valence-electron chi connectivity index (χ4n) is 1.80. The van der Waals surface area contributed by atoms with E-state index in [1.807, 2.05) is 25.4 Å². The molecule has 0 saturated heterocycles. The molecule has 3 heterocycles. The minimum Gasteiger partial charge on any atom is -0.275 e. The van der Waals surface area contributed by atoms with Crippen molar-refractivity contribution >= 4 is 5.65 Å². The molecule has 0 spiro atoms. The predicted molar refractivity (Wildman–Crippen MR) is 61.8 cm³/mol. The van der Waals surface area contributed by atoms with Gasteiger partial charge >= 0.3 is 5.69 Å². The molecule has 3 rings (SSSR count). The summed E-state index contributed by atoms with van der Waals surface area (Å²) in [6, 6.07) is 5.47. The van der Waals surface area contributed by atoms with Crippen LogP contribution in [0.15, 0.2) is 41.6 Å². The molecule has 86 valence electrons. The third-order valence-electron chi connectivity index (χ3n) is 2.58. The predicted octanol–water partition coefficient (Wildman–Crippen LogP) is 0.278. The fraction of sp³-hybridized carbons (Fsp3) is 0.182. The molecule has 0 fully saturated rings. The Hall–Kier alpha value is -2.37. The van der Waals surface area contributed by atoms with Crippen molar-refractivity contribution in [2.45, 2.75) is 6.54 Å². The number of rotatable bonds is 2. The molecule has 6 nitrogen and oxygen atoms in total. The molecule has 0 unspecified atom stereocenters. The van der Waals surface area contributed by atoms with Crippen LogP contribution >= 0.6 is 0 Å². The molecule has 0 radical (unpaired) electrons. The number of hydrogen-bond acceptors (Lipinski definition) is 3. The summed E-state index contributed by atoms with van der Waals surface area (Å²) in [5, 5.41) is 8.31. The van der Waals surface area contributed by atoms with Gasteiger partial charge in [0.25, 0.3) is 0 Å². The van der Waals surface area contributed by atoms with E-state index in [1.54, 1.807) is 23.1 Å². The summed E-state index contributed by atoms with van der Waals surface area (Å²) in [5.41, 5.74) is 1.48. The van der Waals surface area contributed by atoms with E-state index >= 15 is 0 Å². The van der Waals surface area contributed by atoms with E-state index in [4.69, 9.17) is 0 Å². The van der Waals surface area contributed by atoms with Crippen LogP contribution in [0.4, 0.5) is 0 Å². The van der Waals surface area contributed by atoms with Crippen molar-refractivity contribution < 1.29 is 0 Å². The molecule has 0 aromatic carbocycles. The van der Waals surface area contributed by atoms with Crippen LogP contribution in [0.3, 0.4) is 0 Å². The average molecular weight is 229 g/mol. The Morgan fingerprint density at radius 3 is 2.94 bits per heavy atom. The van der Waals surface area contributed by atoms with Crippen LogP contribution in [0.2, 0.25) is 0 Å². The molecule has 0 aliphatic rings. The van der Waals surface area contributed by atoms with Crippen LogP contribution in [-0.4, -0.2) is 24.0 Å². The van der Waals surface area contributed by atoms with E-state index in [2.05, 4.69) is 10.2 Å². The molecular weight excluding hydrogens is 218 g/mol. The maximum atomic E-state index is 12.0. The first-order chi connectivity index (χ1) is 8.24. The van der Waals surface area contributed by atoms with Gasteiger partial charge in [0.2, 0.25) is 0 Å². The monoisotopic (exact) mass is 229 g/mol. The van der Waals surface area contributed by atoms with E-state index in [1.165, 1.54) is 9.08 Å². The molecule has 0 atom stereocenters. The number of fused-ring (bicyclic) bond motifs is 1. The van der Waals surface area contributed by atoms with Crippen molar-refractivity contribution in [3.05, 3.63) is 52.8 Å². The second kappa shape index (κ2) is 3.58. The summed E-state index contributed by atoms with van der Waals surface area (Å²) < 4.78 is 4.67. The average Bonchev–Trinajstić information content (AvgIpc) is 2.86. The van der Waals surface area contributed by atoms with Gasteiger partial charge in [-0.25, -0.2) is 9.48 Å². The molecule has 3 aromatic rings. The van der Waals surface area contributed by atoms with Crippen molar-refractivity contribution in [1.29, 1.82) is 0 Å². The minimum absolute atomic E-state index is 0.135. The summed E-state index contributed by atoms with van der Waals surface area (Å²) in [6.45, 7) is 0.439. The van der Waals surface area contributed by atoms with Gasteiger partial charge in [-0.15, -0.1) is 5.10 Å². The molecule has 0 aliphatic carbocycles. The Balaban J connectivity index is 2.06. The highest BCUT2D eigenvalue weighted by atomic mass is 16.2. The largest absolute Gasteiger partial charge is 0.350 e. The Labute approximate surface area is 96.7 Å². The third-order valence-corrected chi connectivity index (χ3v) is 2.58. The first-order valence-corrected chi connectivity index (χ1v) is 5.26. The second-order valence-corrected chi connectivity index (χ2v) is 3.89. The molecule has 3 aromatic heterocycles. The topological polar surface area (TPSA) is 57.1 Å². The summed E-state index contributed by atoms with van der Waals surface area (Å²) in [6.07, 6.45) is 5.32. The molecule has 0 bridgehead atoms. The molecule has 6 heteroatoms. The van der Waals surface area contributed by atoms with Crippen molar-refractivity contribution in [3.63, 3.8) is 0 Å². The zero-order valence-electron chi connectivity index (χ0n) is 9.32. The zero-order chi connectivity index (χ0) is 11.8. The standard InChI is InChI=1S/C11H11N5O/c1-14-7-9(6-12-14)8-16-11(17)15-5-3-2-4-10(15)13-16/h2-7H,8H2,1H3. The quantitative estimate of drug-likeness (QED) is 0.634. The van der Waals surface area contributed by atoms with Gasteiger partial charge in [0, 0.05) is 25.0 Å². The first kappa shape index (κ1) is 9.83. The third kappa shape index (κ3) is 1.63. The second-order valence-electron chi connectivity index (χ2n) is 3.89. The molecule has 0 N–H and O–H groups in total. The summed E-state index contributed by atoms with van der Waals surface area (Å²) in [7, 11) is 1.84. The Morgan fingerprint density at radius 1 is 1.35 bits per heavy atom. The normalized spacial score (nSPS) is 11.1. The van der Waals surface area contributed by atoms with Crippen molar-refractivity contribution in [3.8, 4) is 0 Å². The number of aryl methyl sites for hydroxylation is 1. The van der Waals surface area contributed by atoms with Crippen LogP contribution in [0.25, 0.3) is 5.65 Å². The lowest BCUT2D eigenvalue weighted by Crippen LogP contribution is -2.21. The maximum Gasteiger partial charge on any atom is 0.350 e. The van der Waals surface area contributed by atoms with Crippen molar-refractivity contribution in [1.82, 2.24) is 24.0 Å². The highest BCUT2D eigenvalue weighted by Gasteiger charge is 2.06. The van der Waals surface area contributed by atoms with Crippen LogP contribution in [0.1, 0.15) is 5.56 Å². The summed E-state index contributed by atoms with van der Waals surface area (Å²) in [4.78, 5) is 12.0. The highest BCUT2D eigenvalue weighted by Crippen LogP contribution is 2.00. The molecule has 0 saturated carbocycles. The Kier molecular flexibility index (Phi) is 2.07. The van der Waals surface area contributed by atoms with Gasteiger partial charge in [0.05, 0.1) is 12.7 Å². The number of pyridine rings is 1. The molecular formula is C11H11N5O. The van der Waals surface area contributed by atoms with Gasteiger partial charge in [-0.05, 0) is 12.1 Å². The van der Waals surface area contributed by atoms with Crippen molar-refractivity contribution in [2.75, 3.05) is 0 Å². The fourth-order valence-corrected chi connectivity index (χ4v) is 1.80. The molecule has 0 amide bonds. The van der Waals surface area contributed by atoms with Gasteiger partial charge in [0.1, 0.15) is 0 Å². The maximum absolute atomic E-state index is 12.0. The van der Waals surface area contributed by atoms with Crippen LogP contribution in [0.5, 0.6) is 0 Å². The number of nitrogens with zero attached hydrogens (tertiary/aromatic N) is 5. The van der Waals surface area contributed by atoms with Crippen LogP contribution < -0.4 is 5.69 Å². The zero-order valence-corrected chi connectivity index (χ0v) is 9.32. The first-order valence-electron chi connectivity index (χ1n) is 5.26. The lowest BCUT2D eigenvalue weighted by molar-refractivity contribution is 0.658. The van der Waals surface area contributed by atoms with E-state index < -0.39 is 0 Å². The van der Waals surface area contributed by atoms with Crippen LogP contribution in [0, 0.1) is 0 Å². The number of hydrogen-bond donors (Lipinski definition) is 0. The van der Waals surface area contributed by atoms with Gasteiger partial charge in [-0.1, -0.05) is 6.07 Å². The smallest absolute Gasteiger partial charge is 0.275 e. The Morgan fingerprint density at radius 2 is 2.24 bits per heavy atom. The highest BCUT2D eigenvalue weighted by molar-refractivity contribution is 5.35. The lowest BCUT2D eigenvalue weighted by atomic mass is 10.4. The van der Waals surface area contributed by atoms with E-state index in [9.17, 15) is 4.79 Å². The Bertz CT molecular complexity index is 721. The van der Waals surface area contributed by atoms with E-state index in [-0.39, 0.29) is 5.69 Å². The molecule has 0 aliphatic heterocycles. The SMILES string of the molecule is Cn1cc(Cn2nc3ccccn3c2=O)cn1. The summed E-state index contributed by atoms with van der Waals surface area (Å²) >= 11 is 0. The van der Waals surface area contributed by atoms with E-state index in [0.717, 1.165) is 5.56 Å².